The van der Waals surface area contributed by atoms with Gasteiger partial charge in [0.1, 0.15) is 5.82 Å². The summed E-state index contributed by atoms with van der Waals surface area (Å²) in [6, 6.07) is 6.49. The Morgan fingerprint density at radius 2 is 2.17 bits per heavy atom. The van der Waals surface area contributed by atoms with Gasteiger partial charge in [0, 0.05) is 19.1 Å². The van der Waals surface area contributed by atoms with E-state index in [1.54, 1.807) is 12.1 Å². The standard InChI is InChI=1S/C14H21FN2O/c1-2-17-7-8-18-14(10-17)13(16)9-11-3-5-12(15)6-4-11/h3-6,13-14H,2,7-10,16H2,1H3. The molecule has 0 saturated carbocycles. The summed E-state index contributed by atoms with van der Waals surface area (Å²) >= 11 is 0. The normalized spacial score (nSPS) is 22.9. The summed E-state index contributed by atoms with van der Waals surface area (Å²) in [4.78, 5) is 2.35. The zero-order valence-corrected chi connectivity index (χ0v) is 10.8. The van der Waals surface area contributed by atoms with Gasteiger partial charge >= 0.3 is 0 Å². The molecule has 100 valence electrons. The van der Waals surface area contributed by atoms with Crippen LogP contribution in [0, 0.1) is 5.82 Å². The van der Waals surface area contributed by atoms with Crippen molar-refractivity contribution < 1.29 is 9.13 Å². The fraction of sp³-hybridized carbons (Fsp3) is 0.571. The van der Waals surface area contributed by atoms with E-state index in [0.717, 1.165) is 38.2 Å². The van der Waals surface area contributed by atoms with Crippen LogP contribution in [-0.2, 0) is 11.2 Å². The zero-order valence-electron chi connectivity index (χ0n) is 10.8. The highest BCUT2D eigenvalue weighted by Gasteiger charge is 2.25. The minimum Gasteiger partial charge on any atom is -0.374 e. The van der Waals surface area contributed by atoms with Gasteiger partial charge in [-0.25, -0.2) is 4.39 Å². The second-order valence-electron chi connectivity index (χ2n) is 4.80. The predicted octanol–water partition coefficient (Wildman–Crippen LogP) is 1.42. The molecule has 1 aromatic rings. The summed E-state index contributed by atoms with van der Waals surface area (Å²) in [6.45, 7) is 5.79. The summed E-state index contributed by atoms with van der Waals surface area (Å²) in [7, 11) is 0. The number of nitrogens with two attached hydrogens (primary N) is 1. The molecule has 2 rings (SSSR count). The summed E-state index contributed by atoms with van der Waals surface area (Å²) in [6.07, 6.45) is 0.798. The number of halogens is 1. The molecule has 0 radical (unpaired) electrons. The molecule has 1 aliphatic heterocycles. The quantitative estimate of drug-likeness (QED) is 0.880. The monoisotopic (exact) mass is 252 g/mol. The van der Waals surface area contributed by atoms with Gasteiger partial charge in [-0.15, -0.1) is 0 Å². The van der Waals surface area contributed by atoms with Crippen LogP contribution in [0.5, 0.6) is 0 Å². The molecule has 3 nitrogen and oxygen atoms in total. The molecular weight excluding hydrogens is 231 g/mol. The lowest BCUT2D eigenvalue weighted by molar-refractivity contribution is -0.0385. The number of hydrogen-bond acceptors (Lipinski definition) is 3. The molecule has 2 N–H and O–H groups in total. The van der Waals surface area contributed by atoms with Gasteiger partial charge in [0.15, 0.2) is 0 Å². The number of morpholine rings is 1. The third-order valence-corrected chi connectivity index (χ3v) is 3.49. The molecule has 0 aromatic heterocycles. The second-order valence-corrected chi connectivity index (χ2v) is 4.80. The van der Waals surface area contributed by atoms with Crippen molar-refractivity contribution >= 4 is 0 Å². The zero-order chi connectivity index (χ0) is 13.0. The first-order chi connectivity index (χ1) is 8.69. The molecule has 2 atom stereocenters. The summed E-state index contributed by atoms with van der Waals surface area (Å²) in [5.74, 6) is -0.210. The molecule has 0 spiro atoms. The van der Waals surface area contributed by atoms with Gasteiger partial charge in [0.25, 0.3) is 0 Å². The van der Waals surface area contributed by atoms with E-state index in [-0.39, 0.29) is 18.0 Å². The molecular formula is C14H21FN2O. The fourth-order valence-electron chi connectivity index (χ4n) is 2.30. The van der Waals surface area contributed by atoms with Crippen molar-refractivity contribution in [2.75, 3.05) is 26.2 Å². The minimum atomic E-state index is -0.210. The predicted molar refractivity (Wildman–Crippen MR) is 69.9 cm³/mol. The largest absolute Gasteiger partial charge is 0.374 e. The molecule has 1 aromatic carbocycles. The van der Waals surface area contributed by atoms with E-state index in [2.05, 4.69) is 11.8 Å². The molecule has 0 amide bonds. The Balaban J connectivity index is 1.90. The number of rotatable bonds is 4. The molecule has 18 heavy (non-hydrogen) atoms. The van der Waals surface area contributed by atoms with Gasteiger partial charge in [-0.1, -0.05) is 19.1 Å². The fourth-order valence-corrected chi connectivity index (χ4v) is 2.30. The van der Waals surface area contributed by atoms with Crippen LogP contribution in [0.1, 0.15) is 12.5 Å². The van der Waals surface area contributed by atoms with Crippen molar-refractivity contribution in [2.24, 2.45) is 5.73 Å². The maximum atomic E-state index is 12.8. The Labute approximate surface area is 108 Å². The van der Waals surface area contributed by atoms with Crippen LogP contribution in [0.2, 0.25) is 0 Å². The third kappa shape index (κ3) is 3.51. The lowest BCUT2D eigenvalue weighted by Gasteiger charge is -2.35. The Morgan fingerprint density at radius 1 is 1.44 bits per heavy atom. The molecule has 4 heteroatoms. The van der Waals surface area contributed by atoms with Crippen molar-refractivity contribution in [2.45, 2.75) is 25.5 Å². The van der Waals surface area contributed by atoms with E-state index in [0.29, 0.717) is 0 Å². The van der Waals surface area contributed by atoms with Crippen LogP contribution in [-0.4, -0.2) is 43.3 Å². The molecule has 0 aliphatic carbocycles. The number of nitrogens with zero attached hydrogens (tertiary/aromatic N) is 1. The highest BCUT2D eigenvalue weighted by Crippen LogP contribution is 2.12. The topological polar surface area (TPSA) is 38.5 Å². The Kier molecular flexibility index (Phi) is 4.69. The van der Waals surface area contributed by atoms with E-state index in [9.17, 15) is 4.39 Å². The number of hydrogen-bond donors (Lipinski definition) is 1. The average Bonchev–Trinajstić information content (AvgIpc) is 2.41. The first-order valence-electron chi connectivity index (χ1n) is 6.53. The van der Waals surface area contributed by atoms with Crippen molar-refractivity contribution in [3.8, 4) is 0 Å². The van der Waals surface area contributed by atoms with E-state index in [4.69, 9.17) is 10.5 Å². The van der Waals surface area contributed by atoms with Crippen molar-refractivity contribution in [1.29, 1.82) is 0 Å². The van der Waals surface area contributed by atoms with Gasteiger partial charge in [0.05, 0.1) is 12.7 Å². The molecule has 1 fully saturated rings. The highest BCUT2D eigenvalue weighted by atomic mass is 19.1. The van der Waals surface area contributed by atoms with Gasteiger partial charge in [0.2, 0.25) is 0 Å². The minimum absolute atomic E-state index is 0.0372. The number of ether oxygens (including phenoxy) is 1. The lowest BCUT2D eigenvalue weighted by Crippen LogP contribution is -2.51. The van der Waals surface area contributed by atoms with Crippen LogP contribution >= 0.6 is 0 Å². The van der Waals surface area contributed by atoms with E-state index in [1.807, 2.05) is 0 Å². The van der Waals surface area contributed by atoms with Gasteiger partial charge in [-0.3, -0.25) is 4.90 Å². The molecule has 1 heterocycles. The van der Waals surface area contributed by atoms with E-state index in [1.165, 1.54) is 12.1 Å². The van der Waals surface area contributed by atoms with Crippen LogP contribution < -0.4 is 5.73 Å². The lowest BCUT2D eigenvalue weighted by atomic mass is 10.0. The second kappa shape index (κ2) is 6.27. The third-order valence-electron chi connectivity index (χ3n) is 3.49. The van der Waals surface area contributed by atoms with Crippen molar-refractivity contribution in [3.63, 3.8) is 0 Å². The van der Waals surface area contributed by atoms with Gasteiger partial charge < -0.3 is 10.5 Å². The maximum absolute atomic E-state index is 12.8. The van der Waals surface area contributed by atoms with Gasteiger partial charge in [-0.2, -0.15) is 0 Å². The first kappa shape index (κ1) is 13.5. The number of benzene rings is 1. The van der Waals surface area contributed by atoms with E-state index < -0.39 is 0 Å². The summed E-state index contributed by atoms with van der Waals surface area (Å²) < 4.78 is 18.5. The summed E-state index contributed by atoms with van der Waals surface area (Å²) in [5.41, 5.74) is 7.25. The molecule has 0 bridgehead atoms. The van der Waals surface area contributed by atoms with Crippen molar-refractivity contribution in [1.82, 2.24) is 4.90 Å². The SMILES string of the molecule is CCN1CCOC(C(N)Cc2ccc(F)cc2)C1. The Bertz CT molecular complexity index is 369. The Hall–Kier alpha value is -0.970. The van der Waals surface area contributed by atoms with Crippen LogP contribution in [0.4, 0.5) is 4.39 Å². The van der Waals surface area contributed by atoms with Gasteiger partial charge in [-0.05, 0) is 30.7 Å². The molecule has 2 unspecified atom stereocenters. The number of likely N-dealkylation sites (N-methyl/N-ethyl adjacent to an activating group) is 1. The van der Waals surface area contributed by atoms with E-state index >= 15 is 0 Å². The van der Waals surface area contributed by atoms with Crippen molar-refractivity contribution in [3.05, 3.63) is 35.6 Å². The smallest absolute Gasteiger partial charge is 0.123 e. The highest BCUT2D eigenvalue weighted by molar-refractivity contribution is 5.17. The van der Waals surface area contributed by atoms with Crippen LogP contribution in [0.15, 0.2) is 24.3 Å². The molecule has 1 saturated heterocycles. The Morgan fingerprint density at radius 3 is 2.83 bits per heavy atom. The van der Waals surface area contributed by atoms with Crippen LogP contribution in [0.3, 0.4) is 0 Å². The summed E-state index contributed by atoms with van der Waals surface area (Å²) in [5, 5.41) is 0. The average molecular weight is 252 g/mol. The van der Waals surface area contributed by atoms with Crippen LogP contribution in [0.25, 0.3) is 0 Å². The maximum Gasteiger partial charge on any atom is 0.123 e. The first-order valence-corrected chi connectivity index (χ1v) is 6.53. The molecule has 1 aliphatic rings.